The molecule has 8 heteroatoms. The van der Waals surface area contributed by atoms with Crippen LogP contribution in [-0.4, -0.2) is 18.5 Å². The summed E-state index contributed by atoms with van der Waals surface area (Å²) in [7, 11) is -3.58. The molecule has 1 unspecified atom stereocenters. The summed E-state index contributed by atoms with van der Waals surface area (Å²) < 4.78 is 30.2. The van der Waals surface area contributed by atoms with Gasteiger partial charge in [-0.2, -0.15) is 0 Å². The molecule has 2 rings (SSSR count). The van der Waals surface area contributed by atoms with Crippen LogP contribution in [0.3, 0.4) is 0 Å². The lowest BCUT2D eigenvalue weighted by Gasteiger charge is -2.28. The predicted molar refractivity (Wildman–Crippen MR) is 94.7 cm³/mol. The van der Waals surface area contributed by atoms with Crippen molar-refractivity contribution in [3.05, 3.63) is 47.2 Å². The molecule has 0 spiro atoms. The molecule has 0 N–H and O–H groups in total. The van der Waals surface area contributed by atoms with Crippen molar-refractivity contribution in [2.75, 3.05) is 13.2 Å². The Kier molecular flexibility index (Phi) is 7.62. The molecule has 0 amide bonds. The first kappa shape index (κ1) is 19.6. The van der Waals surface area contributed by atoms with E-state index in [2.05, 4.69) is 22.5 Å². The van der Waals surface area contributed by atoms with Gasteiger partial charge in [0.05, 0.1) is 13.2 Å². The van der Waals surface area contributed by atoms with Crippen LogP contribution in [0, 0.1) is 0 Å². The van der Waals surface area contributed by atoms with E-state index in [0.717, 1.165) is 19.3 Å². The monoisotopic (exact) mass is 367 g/mol. The van der Waals surface area contributed by atoms with Crippen molar-refractivity contribution in [1.82, 2.24) is 5.27 Å². The second-order valence-corrected chi connectivity index (χ2v) is 7.45. The maximum absolute atomic E-state index is 12.7. The molecule has 1 aromatic heterocycles. The first-order chi connectivity index (χ1) is 12.1. The SMILES string of the molecule is CCCOP(=O)([N-]c1c[n+](C(C)Cc2ccccc2)no1)OCCC. The lowest BCUT2D eigenvalue weighted by molar-refractivity contribution is -0.782. The van der Waals surface area contributed by atoms with E-state index in [1.807, 2.05) is 39.0 Å². The average Bonchev–Trinajstić information content (AvgIpc) is 3.07. The zero-order valence-corrected chi connectivity index (χ0v) is 15.9. The molecule has 0 aliphatic heterocycles. The third-order valence-electron chi connectivity index (χ3n) is 3.44. The summed E-state index contributed by atoms with van der Waals surface area (Å²) in [5.41, 5.74) is 1.20. The van der Waals surface area contributed by atoms with Gasteiger partial charge >= 0.3 is 0 Å². The van der Waals surface area contributed by atoms with E-state index >= 15 is 0 Å². The zero-order chi connectivity index (χ0) is 18.1. The Bertz CT molecular complexity index is 666. The highest BCUT2D eigenvalue weighted by atomic mass is 31.2. The topological polar surface area (TPSA) is 79.5 Å². The maximum Gasteiger partial charge on any atom is 0.268 e. The molecule has 1 aromatic carbocycles. The van der Waals surface area contributed by atoms with Gasteiger partial charge in [0.1, 0.15) is 5.88 Å². The molecule has 1 atom stereocenters. The van der Waals surface area contributed by atoms with Crippen LogP contribution >= 0.6 is 7.75 Å². The number of hydrogen-bond donors (Lipinski definition) is 0. The van der Waals surface area contributed by atoms with Crippen molar-refractivity contribution in [2.24, 2.45) is 0 Å². The van der Waals surface area contributed by atoms with Crippen LogP contribution in [0.25, 0.3) is 5.09 Å². The smallest absolute Gasteiger partial charge is 0.268 e. The van der Waals surface area contributed by atoms with E-state index in [1.165, 1.54) is 5.56 Å². The van der Waals surface area contributed by atoms with E-state index in [9.17, 15) is 4.57 Å². The van der Waals surface area contributed by atoms with Gasteiger partial charge in [-0.1, -0.05) is 48.9 Å². The van der Waals surface area contributed by atoms with Gasteiger partial charge in [0.15, 0.2) is 11.3 Å². The van der Waals surface area contributed by atoms with E-state index in [-0.39, 0.29) is 11.9 Å². The largest absolute Gasteiger partial charge is 0.544 e. The van der Waals surface area contributed by atoms with E-state index < -0.39 is 7.75 Å². The molecule has 0 saturated carbocycles. The van der Waals surface area contributed by atoms with Gasteiger partial charge in [-0.3, -0.25) is 4.57 Å². The highest BCUT2D eigenvalue weighted by Gasteiger charge is 2.20. The highest BCUT2D eigenvalue weighted by Crippen LogP contribution is 2.58. The van der Waals surface area contributed by atoms with Crippen LogP contribution in [0.4, 0.5) is 5.88 Å². The minimum absolute atomic E-state index is 0.0719. The van der Waals surface area contributed by atoms with Crippen LogP contribution < -0.4 is 4.68 Å². The predicted octanol–water partition coefficient (Wildman–Crippen LogP) is 4.73. The van der Waals surface area contributed by atoms with Crippen molar-refractivity contribution < 1.29 is 22.8 Å². The summed E-state index contributed by atoms with van der Waals surface area (Å²) in [4.78, 5) is 0. The van der Waals surface area contributed by atoms with Crippen LogP contribution in [0.2, 0.25) is 0 Å². The highest BCUT2D eigenvalue weighted by molar-refractivity contribution is 7.57. The maximum atomic E-state index is 12.7. The van der Waals surface area contributed by atoms with Gasteiger partial charge in [0, 0.05) is 13.3 Å². The molecule has 0 radical (unpaired) electrons. The second-order valence-electron chi connectivity index (χ2n) is 5.79. The Balaban J connectivity index is 2.01. The fraction of sp³-hybridized carbons (Fsp3) is 0.529. The molecule has 0 saturated heterocycles. The summed E-state index contributed by atoms with van der Waals surface area (Å²) in [6.45, 7) is 6.50. The number of benzene rings is 1. The zero-order valence-electron chi connectivity index (χ0n) is 15.0. The van der Waals surface area contributed by atoms with Crippen LogP contribution in [-0.2, 0) is 20.0 Å². The Morgan fingerprint density at radius 1 is 1.20 bits per heavy atom. The van der Waals surface area contributed by atoms with Crippen molar-refractivity contribution in [1.29, 1.82) is 0 Å². The molecule has 0 bridgehead atoms. The molecule has 0 aliphatic rings. The normalized spacial score (nSPS) is 12.9. The quantitative estimate of drug-likeness (QED) is 0.424. The first-order valence-electron chi connectivity index (χ1n) is 8.60. The third-order valence-corrected chi connectivity index (χ3v) is 4.89. The lowest BCUT2D eigenvalue weighted by atomic mass is 10.1. The van der Waals surface area contributed by atoms with Crippen molar-refractivity contribution in [3.8, 4) is 0 Å². The van der Waals surface area contributed by atoms with Gasteiger partial charge in [-0.15, -0.1) is 0 Å². The molecule has 25 heavy (non-hydrogen) atoms. The molecule has 2 aromatic rings. The van der Waals surface area contributed by atoms with Crippen molar-refractivity contribution in [3.63, 3.8) is 0 Å². The lowest BCUT2D eigenvalue weighted by Crippen LogP contribution is -2.39. The number of aromatic nitrogens is 2. The number of hydrogen-bond acceptors (Lipinski definition) is 5. The van der Waals surface area contributed by atoms with Gasteiger partial charge < -0.3 is 18.7 Å². The summed E-state index contributed by atoms with van der Waals surface area (Å²) in [6.07, 6.45) is 3.86. The molecule has 0 fully saturated rings. The summed E-state index contributed by atoms with van der Waals surface area (Å²) in [5, 5.41) is 8.01. The van der Waals surface area contributed by atoms with Crippen molar-refractivity contribution >= 4 is 13.6 Å². The average molecular weight is 367 g/mol. The Morgan fingerprint density at radius 2 is 1.84 bits per heavy atom. The first-order valence-corrected chi connectivity index (χ1v) is 10.1. The van der Waals surface area contributed by atoms with Crippen LogP contribution in [0.1, 0.15) is 45.2 Å². The van der Waals surface area contributed by atoms with Crippen molar-refractivity contribution in [2.45, 2.75) is 46.1 Å². The molecule has 0 aliphatic carbocycles. The molecule has 7 nitrogen and oxygen atoms in total. The Hall–Kier alpha value is -1.69. The fourth-order valence-corrected chi connectivity index (χ4v) is 3.52. The molecular weight excluding hydrogens is 341 g/mol. The van der Waals surface area contributed by atoms with E-state index in [0.29, 0.717) is 13.2 Å². The van der Waals surface area contributed by atoms with Crippen LogP contribution in [0.15, 0.2) is 41.1 Å². The minimum atomic E-state index is -3.58. The number of rotatable bonds is 11. The summed E-state index contributed by atoms with van der Waals surface area (Å²) >= 11 is 0. The third kappa shape index (κ3) is 6.27. The standard InChI is InChI=1S/C17H26N3O4P/c1-4-11-22-25(21,23-12-5-2)18-17-14-20(19-24-17)15(3)13-16-9-7-6-8-10-16/h6-10,14-15H,4-5,11-13H2,1-3H3. The van der Waals surface area contributed by atoms with E-state index in [4.69, 9.17) is 13.6 Å². The van der Waals surface area contributed by atoms with Gasteiger partial charge in [0.25, 0.3) is 7.75 Å². The second kappa shape index (κ2) is 9.70. The van der Waals surface area contributed by atoms with Gasteiger partial charge in [0.2, 0.25) is 6.20 Å². The molecular formula is C17H26N3O4P. The minimum Gasteiger partial charge on any atom is -0.544 e. The van der Waals surface area contributed by atoms with E-state index in [1.54, 1.807) is 10.9 Å². The molecule has 138 valence electrons. The molecule has 1 heterocycles. The van der Waals surface area contributed by atoms with Crippen LogP contribution in [0.5, 0.6) is 0 Å². The Labute approximate surface area is 148 Å². The van der Waals surface area contributed by atoms with Gasteiger partial charge in [-0.25, -0.2) is 0 Å². The summed E-state index contributed by atoms with van der Waals surface area (Å²) in [6, 6.07) is 10.2. The summed E-state index contributed by atoms with van der Waals surface area (Å²) in [5.74, 6) is 0.135. The fourth-order valence-electron chi connectivity index (χ4n) is 2.18. The van der Waals surface area contributed by atoms with Gasteiger partial charge in [-0.05, 0) is 18.4 Å². The number of nitrogens with zero attached hydrogens (tertiary/aromatic N) is 3. The Morgan fingerprint density at radius 3 is 2.44 bits per heavy atom.